The van der Waals surface area contributed by atoms with Crippen molar-refractivity contribution in [2.24, 2.45) is 10.2 Å². The minimum Gasteiger partial charge on any atom is -0.353 e. The topological polar surface area (TPSA) is 51.3 Å². The minimum absolute atomic E-state index is 0. The van der Waals surface area contributed by atoms with Crippen molar-refractivity contribution in [1.29, 1.82) is 0 Å². The number of unbranched alkanes of at least 4 members (excludes halogenated alkanes) is 3. The van der Waals surface area contributed by atoms with Gasteiger partial charge in [-0.1, -0.05) is 121 Å². The molecule has 0 amide bonds. The van der Waals surface area contributed by atoms with Gasteiger partial charge in [-0.3, -0.25) is 0 Å². The summed E-state index contributed by atoms with van der Waals surface area (Å²) in [5.74, 6) is 0. The second-order valence-corrected chi connectivity index (χ2v) is 5.29. The van der Waals surface area contributed by atoms with E-state index >= 15 is 0 Å². The fraction of sp³-hybridized carbons (Fsp3) is 0.524. The molecule has 0 aliphatic carbocycles. The van der Waals surface area contributed by atoms with Crippen LogP contribution in [0.3, 0.4) is 0 Å². The average Bonchev–Trinajstić information content (AvgIpc) is 3.23. The second kappa shape index (κ2) is 27.2. The Balaban J connectivity index is -0.000000371. The van der Waals surface area contributed by atoms with E-state index in [4.69, 9.17) is 4.74 Å². The van der Waals surface area contributed by atoms with Gasteiger partial charge in [-0.05, 0) is 11.1 Å². The zero-order chi connectivity index (χ0) is 19.9. The van der Waals surface area contributed by atoms with Crippen molar-refractivity contribution < 1.29 is 4.74 Å². The molecule has 5 nitrogen and oxygen atoms in total. The Kier molecular flexibility index (Phi) is 30.9. The molecule has 6 heteroatoms. The number of hydrogen-bond acceptors (Lipinski definition) is 4. The number of nitrogens with zero attached hydrogens (tertiary/aromatic N) is 4. The van der Waals surface area contributed by atoms with Gasteiger partial charge in [0.25, 0.3) is 0 Å². The molecular formula is C21H36N4OSn. The van der Waals surface area contributed by atoms with E-state index in [1.54, 1.807) is 0 Å². The third-order valence-corrected chi connectivity index (χ3v) is 2.73. The van der Waals surface area contributed by atoms with Crippen molar-refractivity contribution >= 4 is 29.9 Å². The summed E-state index contributed by atoms with van der Waals surface area (Å²) >= 11 is 0. The first-order chi connectivity index (χ1) is 12.7. The molecule has 150 valence electrons. The molecule has 1 aliphatic heterocycles. The van der Waals surface area contributed by atoms with Crippen LogP contribution >= 0.6 is 0 Å². The van der Waals surface area contributed by atoms with Gasteiger partial charge in [0.15, 0.2) is 6.73 Å². The van der Waals surface area contributed by atoms with Crippen LogP contribution in [0.25, 0.3) is 0 Å². The van der Waals surface area contributed by atoms with Crippen molar-refractivity contribution in [1.82, 2.24) is 10.7 Å². The van der Waals surface area contributed by atoms with E-state index in [1.165, 1.54) is 24.4 Å². The van der Waals surface area contributed by atoms with Crippen molar-refractivity contribution in [3.8, 4) is 0 Å². The number of hydrogen-bond donors (Lipinski definition) is 0. The van der Waals surface area contributed by atoms with Gasteiger partial charge in [0.05, 0.1) is 6.61 Å². The maximum absolute atomic E-state index is 5.34. The minimum atomic E-state index is 0. The zero-order valence-electron chi connectivity index (χ0n) is 17.4. The van der Waals surface area contributed by atoms with Crippen LogP contribution in [0, 0.1) is 20.8 Å². The normalized spacial score (nSPS) is 10.2. The molecule has 0 N–H and O–H groups in total. The number of hydrazone groups is 1. The van der Waals surface area contributed by atoms with Gasteiger partial charge in [-0.25, -0.2) is 0 Å². The zero-order valence-corrected chi connectivity index (χ0v) is 20.2. The summed E-state index contributed by atoms with van der Waals surface area (Å²) in [7, 11) is 0. The van der Waals surface area contributed by atoms with E-state index in [9.17, 15) is 0 Å². The van der Waals surface area contributed by atoms with Gasteiger partial charge in [0, 0.05) is 23.9 Å². The second-order valence-electron chi connectivity index (χ2n) is 5.29. The first-order valence-corrected chi connectivity index (χ1v) is 9.33. The summed E-state index contributed by atoms with van der Waals surface area (Å²) in [5.41, 5.74) is 4.74. The molecule has 0 saturated carbocycles. The van der Waals surface area contributed by atoms with E-state index in [0.717, 1.165) is 24.8 Å². The summed E-state index contributed by atoms with van der Waals surface area (Å²) < 4.78 is 5.34. The van der Waals surface area contributed by atoms with E-state index in [1.807, 2.05) is 30.3 Å². The Hall–Kier alpha value is -1.04. The van der Waals surface area contributed by atoms with Crippen LogP contribution in [0.15, 0.2) is 40.5 Å². The quantitative estimate of drug-likeness (QED) is 0.487. The van der Waals surface area contributed by atoms with E-state index in [2.05, 4.69) is 63.3 Å². The fourth-order valence-corrected chi connectivity index (χ4v) is 1.04. The standard InChI is InChI=1S/C9H9N4O.3C4H9.Sn/c1-2-4-9(5-3-1)6-14-8-13-11-7-10-12-13;3*1-3-4-2;/h1-5H,6,8H2;3*1,3-4H2,2H3;. The van der Waals surface area contributed by atoms with Gasteiger partial charge >= 0.3 is 0 Å². The van der Waals surface area contributed by atoms with Crippen LogP contribution in [0.4, 0.5) is 0 Å². The molecule has 1 aromatic rings. The van der Waals surface area contributed by atoms with E-state index in [-0.39, 0.29) is 23.9 Å². The van der Waals surface area contributed by atoms with Crippen molar-refractivity contribution in [3.63, 3.8) is 0 Å². The molecule has 0 aromatic heterocycles. The third kappa shape index (κ3) is 25.0. The molecule has 0 saturated heterocycles. The molecule has 1 aromatic carbocycles. The molecule has 1 aliphatic rings. The number of benzene rings is 1. The van der Waals surface area contributed by atoms with E-state index < -0.39 is 0 Å². The van der Waals surface area contributed by atoms with Crippen molar-refractivity contribution in [3.05, 3.63) is 56.7 Å². The maximum Gasteiger partial charge on any atom is 0.161 e. The molecule has 2 rings (SSSR count). The molecule has 0 bridgehead atoms. The Bertz CT molecular complexity index is 422. The summed E-state index contributed by atoms with van der Waals surface area (Å²) in [5, 5.41) is 8.47. The SMILES string of the molecule is C1=N[N]N(COCc2ccccc2)N=1.[CH2]CCC.[CH2]CCC.[CH2]CCC.[Sn]. The van der Waals surface area contributed by atoms with Gasteiger partial charge < -0.3 is 4.74 Å². The largest absolute Gasteiger partial charge is 0.353 e. The molecule has 0 atom stereocenters. The van der Waals surface area contributed by atoms with Crippen LogP contribution < -0.4 is 5.53 Å². The molecule has 0 fully saturated rings. The van der Waals surface area contributed by atoms with Gasteiger partial charge in [0.1, 0.15) is 6.01 Å². The Morgan fingerprint density at radius 2 is 1.41 bits per heavy atom. The smallest absolute Gasteiger partial charge is 0.161 e. The average molecular weight is 479 g/mol. The summed E-state index contributed by atoms with van der Waals surface area (Å²) in [4.78, 5) is 0. The van der Waals surface area contributed by atoms with Crippen LogP contribution in [0.2, 0.25) is 0 Å². The predicted octanol–water partition coefficient (Wildman–Crippen LogP) is 5.48. The molecular weight excluding hydrogens is 443 g/mol. The van der Waals surface area contributed by atoms with E-state index in [0.29, 0.717) is 13.3 Å². The Morgan fingerprint density at radius 3 is 1.78 bits per heavy atom. The molecule has 8 radical (unpaired) electrons. The summed E-state index contributed by atoms with van der Waals surface area (Å²) in [6, 6.07) is 12.3. The van der Waals surface area contributed by atoms with Crippen molar-refractivity contribution in [2.75, 3.05) is 6.73 Å². The molecule has 0 unspecified atom stereocenters. The summed E-state index contributed by atoms with van der Waals surface area (Å²) in [6.45, 7) is 18.0. The first-order valence-electron chi connectivity index (χ1n) is 9.33. The molecule has 1 heterocycles. The van der Waals surface area contributed by atoms with Crippen molar-refractivity contribution in [2.45, 2.75) is 65.9 Å². The van der Waals surface area contributed by atoms with Crippen LogP contribution in [-0.2, 0) is 11.3 Å². The molecule has 0 spiro atoms. The van der Waals surface area contributed by atoms with Crippen LogP contribution in [0.5, 0.6) is 0 Å². The summed E-state index contributed by atoms with van der Waals surface area (Å²) in [6.07, 6.45) is 6.83. The van der Waals surface area contributed by atoms with Crippen LogP contribution in [-0.4, -0.2) is 41.8 Å². The predicted molar refractivity (Wildman–Crippen MR) is 116 cm³/mol. The number of ether oxygens (including phenoxy) is 1. The Morgan fingerprint density at radius 1 is 0.926 bits per heavy atom. The molecule has 27 heavy (non-hydrogen) atoms. The third-order valence-electron chi connectivity index (χ3n) is 2.73. The van der Waals surface area contributed by atoms with Gasteiger partial charge in [-0.2, -0.15) is 0 Å². The maximum atomic E-state index is 5.34. The van der Waals surface area contributed by atoms with Crippen LogP contribution in [0.1, 0.15) is 64.9 Å². The van der Waals surface area contributed by atoms with Gasteiger partial charge in [0.2, 0.25) is 0 Å². The number of rotatable bonds is 7. The Labute approximate surface area is 184 Å². The monoisotopic (exact) mass is 480 g/mol. The van der Waals surface area contributed by atoms with Gasteiger partial charge in [-0.15, -0.1) is 5.12 Å². The first kappa shape index (κ1) is 30.7. The fourth-order valence-electron chi connectivity index (χ4n) is 1.04.